The van der Waals surface area contributed by atoms with E-state index in [1.54, 1.807) is 11.5 Å². The van der Waals surface area contributed by atoms with Crippen LogP contribution in [0.4, 0.5) is 0 Å². The molecule has 0 aromatic carbocycles. The Labute approximate surface area is 80.8 Å². The maximum atomic E-state index is 9.93. The minimum atomic E-state index is -0.280. The van der Waals surface area contributed by atoms with Gasteiger partial charge in [0.15, 0.2) is 0 Å². The summed E-state index contributed by atoms with van der Waals surface area (Å²) in [5.74, 6) is 0. The summed E-state index contributed by atoms with van der Waals surface area (Å²) in [6.45, 7) is 1.84. The molecule has 0 fully saturated rings. The van der Waals surface area contributed by atoms with Crippen molar-refractivity contribution in [2.75, 3.05) is 0 Å². The molecule has 0 aliphatic heterocycles. The third-order valence-electron chi connectivity index (χ3n) is 0.300. The third kappa shape index (κ3) is 10.1. The monoisotopic (exact) mass is 156 g/mol. The topological polar surface area (TPSA) is 23.1 Å². The molecule has 0 heterocycles. The Morgan fingerprint density at radius 1 is 1.75 bits per heavy atom. The van der Waals surface area contributed by atoms with Crippen molar-refractivity contribution >= 4 is 28.4 Å². The van der Waals surface area contributed by atoms with Crippen LogP contribution in [-0.2, 0) is 0 Å². The summed E-state index contributed by atoms with van der Waals surface area (Å²) < 4.78 is -0.280. The van der Waals surface area contributed by atoms with Crippen LogP contribution in [0.1, 0.15) is 6.92 Å². The summed E-state index contributed by atoms with van der Waals surface area (Å²) in [6, 6.07) is 0. The molecule has 0 saturated carbocycles. The molecule has 40 valence electrons. The van der Waals surface area contributed by atoms with Crippen molar-refractivity contribution < 1.29 is 34.7 Å². The smallest absolute Gasteiger partial charge is 0.859 e. The summed E-state index contributed by atoms with van der Waals surface area (Å²) in [5.41, 5.74) is 0. The Morgan fingerprint density at radius 3 is 2.38 bits per heavy atom. The molecule has 4 heteroatoms. The average Bonchev–Trinajstić information content (AvgIpc) is 1.61. The zero-order chi connectivity index (χ0) is 5.70. The van der Waals surface area contributed by atoms with Crippen molar-refractivity contribution in [3.05, 3.63) is 11.5 Å². The minimum absolute atomic E-state index is 0. The number of thioether (sulfide) groups is 1. The zero-order valence-corrected chi connectivity index (χ0v) is 8.51. The SMILES string of the molecule is CC=CSC([O-])=S.[Na+]. The van der Waals surface area contributed by atoms with E-state index in [4.69, 9.17) is 0 Å². The van der Waals surface area contributed by atoms with E-state index < -0.39 is 0 Å². The quantitative estimate of drug-likeness (QED) is 0.321. The largest absolute Gasteiger partial charge is 1.00 e. The van der Waals surface area contributed by atoms with Gasteiger partial charge in [0.2, 0.25) is 0 Å². The summed E-state index contributed by atoms with van der Waals surface area (Å²) in [4.78, 5) is 0. The van der Waals surface area contributed by atoms with Crippen molar-refractivity contribution in [1.29, 1.82) is 0 Å². The van der Waals surface area contributed by atoms with E-state index in [-0.39, 0.29) is 33.9 Å². The van der Waals surface area contributed by atoms with Gasteiger partial charge in [0.05, 0.1) is 0 Å². The fourth-order valence-electron chi connectivity index (χ4n) is 0.124. The van der Waals surface area contributed by atoms with Gasteiger partial charge in [-0.3, -0.25) is 0 Å². The number of hydrogen-bond donors (Lipinski definition) is 0. The summed E-state index contributed by atoms with van der Waals surface area (Å²) in [7, 11) is 0. The Morgan fingerprint density at radius 2 is 2.25 bits per heavy atom. The molecule has 0 aromatic heterocycles. The van der Waals surface area contributed by atoms with Gasteiger partial charge >= 0.3 is 29.6 Å². The molecule has 0 saturated heterocycles. The fourth-order valence-corrected chi connectivity index (χ4v) is 0.537. The Balaban J connectivity index is 0. The molecule has 0 atom stereocenters. The van der Waals surface area contributed by atoms with Crippen LogP contribution in [0.15, 0.2) is 11.5 Å². The van der Waals surface area contributed by atoms with Crippen molar-refractivity contribution in [3.63, 3.8) is 0 Å². The molecule has 0 rings (SSSR count). The van der Waals surface area contributed by atoms with Crippen molar-refractivity contribution in [2.24, 2.45) is 0 Å². The van der Waals surface area contributed by atoms with Crippen LogP contribution in [0, 0.1) is 0 Å². The van der Waals surface area contributed by atoms with Gasteiger partial charge in [0, 0.05) is 0 Å². The van der Waals surface area contributed by atoms with Crippen LogP contribution in [-0.4, -0.2) is 4.38 Å². The first-order valence-corrected chi connectivity index (χ1v) is 3.05. The molecule has 0 aromatic rings. The third-order valence-corrected chi connectivity index (χ3v) is 1.19. The standard InChI is InChI=1S/C4H6OS2.Na/c1-2-3-7-4(5)6;/h2-3H,1H3,(H,5,6);/q;+1/p-1. The van der Waals surface area contributed by atoms with Gasteiger partial charge in [-0.25, -0.2) is 0 Å². The number of rotatable bonds is 1. The Hall–Kier alpha value is 0.980. The van der Waals surface area contributed by atoms with E-state index in [0.29, 0.717) is 0 Å². The molecule has 8 heavy (non-hydrogen) atoms. The van der Waals surface area contributed by atoms with Crippen LogP contribution in [0.2, 0.25) is 0 Å². The second-order valence-electron chi connectivity index (χ2n) is 0.837. The Bertz CT molecular complexity index is 92.0. The van der Waals surface area contributed by atoms with Crippen LogP contribution in [0.5, 0.6) is 0 Å². The summed E-state index contributed by atoms with van der Waals surface area (Å²) >= 11 is 5.24. The second-order valence-corrected chi connectivity index (χ2v) is 2.35. The molecule has 0 bridgehead atoms. The van der Waals surface area contributed by atoms with E-state index in [9.17, 15) is 5.11 Å². The minimum Gasteiger partial charge on any atom is -0.859 e. The van der Waals surface area contributed by atoms with Crippen LogP contribution in [0.3, 0.4) is 0 Å². The van der Waals surface area contributed by atoms with Crippen molar-refractivity contribution in [2.45, 2.75) is 6.92 Å². The summed E-state index contributed by atoms with van der Waals surface area (Å²) in [5, 5.41) is 11.6. The van der Waals surface area contributed by atoms with Crippen LogP contribution >= 0.6 is 24.0 Å². The molecule has 0 N–H and O–H groups in total. The van der Waals surface area contributed by atoms with Crippen molar-refractivity contribution in [1.82, 2.24) is 0 Å². The number of allylic oxidation sites excluding steroid dienone is 1. The predicted molar refractivity (Wildman–Crippen MR) is 35.0 cm³/mol. The Kier molecular flexibility index (Phi) is 11.7. The maximum Gasteiger partial charge on any atom is 1.00 e. The van der Waals surface area contributed by atoms with Gasteiger partial charge in [0.25, 0.3) is 0 Å². The van der Waals surface area contributed by atoms with E-state index in [1.807, 2.05) is 6.92 Å². The second kappa shape index (κ2) is 7.98. The average molecular weight is 156 g/mol. The van der Waals surface area contributed by atoms with Gasteiger partial charge in [-0.15, -0.1) is 11.8 Å². The molecule has 1 nitrogen and oxygen atoms in total. The van der Waals surface area contributed by atoms with E-state index >= 15 is 0 Å². The molecule has 0 aliphatic rings. The molecule has 0 radical (unpaired) electrons. The maximum absolute atomic E-state index is 9.93. The number of thiocarbonyl (C=S) groups is 1. The van der Waals surface area contributed by atoms with Crippen LogP contribution in [0.25, 0.3) is 0 Å². The van der Waals surface area contributed by atoms with Gasteiger partial charge < -0.3 is 5.11 Å². The first-order valence-electron chi connectivity index (χ1n) is 1.76. The number of hydrogen-bond acceptors (Lipinski definition) is 3. The van der Waals surface area contributed by atoms with Crippen LogP contribution < -0.4 is 34.7 Å². The first-order chi connectivity index (χ1) is 3.27. The zero-order valence-electron chi connectivity index (χ0n) is 4.88. The predicted octanol–water partition coefficient (Wildman–Crippen LogP) is -2.10. The first kappa shape index (κ1) is 11.7. The van der Waals surface area contributed by atoms with Gasteiger partial charge in [-0.1, -0.05) is 18.3 Å². The van der Waals surface area contributed by atoms with Gasteiger partial charge in [-0.05, 0) is 16.7 Å². The van der Waals surface area contributed by atoms with Gasteiger partial charge in [-0.2, -0.15) is 0 Å². The fraction of sp³-hybridized carbons (Fsp3) is 0.250. The van der Waals surface area contributed by atoms with E-state index in [0.717, 1.165) is 11.8 Å². The summed E-state index contributed by atoms with van der Waals surface area (Å²) in [6.07, 6.45) is 1.77. The molecule has 0 unspecified atom stereocenters. The molecule has 0 spiro atoms. The normalized spacial score (nSPS) is 8.62. The molecular weight excluding hydrogens is 151 g/mol. The van der Waals surface area contributed by atoms with Gasteiger partial charge in [0.1, 0.15) is 0 Å². The molecule has 0 aliphatic carbocycles. The van der Waals surface area contributed by atoms with E-state index in [2.05, 4.69) is 12.2 Å². The molecular formula is C4H5NaOS2. The van der Waals surface area contributed by atoms with Crippen molar-refractivity contribution in [3.8, 4) is 0 Å². The molecule has 0 amide bonds. The van der Waals surface area contributed by atoms with E-state index in [1.165, 1.54) is 0 Å².